The molecule has 3 rings (SSSR count). The van der Waals surface area contributed by atoms with E-state index in [-0.39, 0.29) is 17.4 Å². The highest BCUT2D eigenvalue weighted by Crippen LogP contribution is 2.24. The van der Waals surface area contributed by atoms with Gasteiger partial charge in [-0.2, -0.15) is 0 Å². The third-order valence-electron chi connectivity index (χ3n) is 4.69. The topological polar surface area (TPSA) is 75.7 Å². The molecule has 0 bridgehead atoms. The molecule has 162 valence electrons. The van der Waals surface area contributed by atoms with Gasteiger partial charge in [-0.1, -0.05) is 19.1 Å². The first-order chi connectivity index (χ1) is 14.8. The van der Waals surface area contributed by atoms with Crippen LogP contribution in [0.25, 0.3) is 0 Å². The second-order valence-electron chi connectivity index (χ2n) is 6.81. The molecule has 0 saturated heterocycles. The van der Waals surface area contributed by atoms with Crippen LogP contribution in [-0.4, -0.2) is 28.0 Å². The van der Waals surface area contributed by atoms with Crippen molar-refractivity contribution in [2.24, 2.45) is 0 Å². The molecule has 1 amide bonds. The minimum absolute atomic E-state index is 0.0135. The van der Waals surface area contributed by atoms with Crippen LogP contribution in [0.1, 0.15) is 12.5 Å². The first-order valence-electron chi connectivity index (χ1n) is 9.66. The summed E-state index contributed by atoms with van der Waals surface area (Å²) in [5, 5.41) is 2.76. The zero-order valence-electron chi connectivity index (χ0n) is 17.2. The summed E-state index contributed by atoms with van der Waals surface area (Å²) in [6.07, 6.45) is 0.924. The molecule has 6 nitrogen and oxygen atoms in total. The Labute approximate surface area is 181 Å². The zero-order chi connectivity index (χ0) is 22.4. The van der Waals surface area contributed by atoms with Gasteiger partial charge in [0.05, 0.1) is 10.6 Å². The number of hydrogen-bond donors (Lipinski definition) is 1. The van der Waals surface area contributed by atoms with Gasteiger partial charge < -0.3 is 10.1 Å². The fraction of sp³-hybridized carbons (Fsp3) is 0.174. The van der Waals surface area contributed by atoms with Crippen molar-refractivity contribution in [3.63, 3.8) is 0 Å². The molecule has 0 aromatic heterocycles. The molecule has 3 aromatic rings. The van der Waals surface area contributed by atoms with Gasteiger partial charge in [-0.05, 0) is 72.6 Å². The van der Waals surface area contributed by atoms with Gasteiger partial charge in [0, 0.05) is 12.7 Å². The molecule has 0 aliphatic carbocycles. The Kier molecular flexibility index (Phi) is 6.91. The number of rotatable bonds is 8. The second-order valence-corrected chi connectivity index (χ2v) is 8.78. The Morgan fingerprint density at radius 2 is 1.58 bits per heavy atom. The van der Waals surface area contributed by atoms with Crippen LogP contribution in [0.3, 0.4) is 0 Å². The number of ether oxygens (including phenoxy) is 1. The highest BCUT2D eigenvalue weighted by Gasteiger charge is 2.21. The average molecular weight is 443 g/mol. The third-order valence-corrected chi connectivity index (χ3v) is 6.49. The maximum Gasteiger partial charge on any atom is 0.264 e. The van der Waals surface area contributed by atoms with E-state index in [4.69, 9.17) is 4.74 Å². The lowest BCUT2D eigenvalue weighted by atomic mass is 10.1. The van der Waals surface area contributed by atoms with Crippen molar-refractivity contribution in [3.05, 3.63) is 84.2 Å². The lowest BCUT2D eigenvalue weighted by molar-refractivity contribution is -0.118. The van der Waals surface area contributed by atoms with E-state index in [0.717, 1.165) is 22.9 Å². The van der Waals surface area contributed by atoms with E-state index in [1.807, 2.05) is 24.3 Å². The number of carbonyl (C=O) groups is 1. The average Bonchev–Trinajstić information content (AvgIpc) is 2.78. The Hall–Kier alpha value is -3.39. The highest BCUT2D eigenvalue weighted by atomic mass is 32.2. The maximum atomic E-state index is 13.1. The molecule has 0 aliphatic heterocycles. The summed E-state index contributed by atoms with van der Waals surface area (Å²) in [6.45, 7) is 1.88. The van der Waals surface area contributed by atoms with Gasteiger partial charge >= 0.3 is 0 Å². The molecule has 0 heterocycles. The number of halogens is 1. The Morgan fingerprint density at radius 3 is 2.16 bits per heavy atom. The number of hydrogen-bond acceptors (Lipinski definition) is 4. The Bertz CT molecular complexity index is 1130. The van der Waals surface area contributed by atoms with E-state index in [0.29, 0.717) is 17.1 Å². The summed E-state index contributed by atoms with van der Waals surface area (Å²) in [4.78, 5) is 12.1. The van der Waals surface area contributed by atoms with Gasteiger partial charge in [-0.25, -0.2) is 12.8 Å². The van der Waals surface area contributed by atoms with E-state index in [9.17, 15) is 17.6 Å². The van der Waals surface area contributed by atoms with Crippen LogP contribution in [-0.2, 0) is 21.2 Å². The second kappa shape index (κ2) is 9.61. The van der Waals surface area contributed by atoms with Crippen molar-refractivity contribution in [2.75, 3.05) is 23.3 Å². The van der Waals surface area contributed by atoms with E-state index < -0.39 is 15.8 Å². The number of nitrogens with zero attached hydrogens (tertiary/aromatic N) is 1. The van der Waals surface area contributed by atoms with Crippen molar-refractivity contribution >= 4 is 27.3 Å². The van der Waals surface area contributed by atoms with Crippen molar-refractivity contribution in [3.8, 4) is 5.75 Å². The number of anilines is 2. The standard InChI is InChI=1S/C23H23FN2O4S/c1-3-17-4-8-19(9-5-17)25-23(27)16-30-21-12-10-20(11-13-21)26(2)31(28,29)22-14-6-18(24)7-15-22/h4-15H,3,16H2,1-2H3,(H,25,27). The summed E-state index contributed by atoms with van der Waals surface area (Å²) in [7, 11) is -2.42. The Balaban J connectivity index is 1.59. The lowest BCUT2D eigenvalue weighted by Gasteiger charge is -2.20. The smallest absolute Gasteiger partial charge is 0.264 e. The lowest BCUT2D eigenvalue weighted by Crippen LogP contribution is -2.26. The first kappa shape index (κ1) is 22.3. The van der Waals surface area contributed by atoms with Crippen LogP contribution < -0.4 is 14.4 Å². The molecule has 0 saturated carbocycles. The number of benzene rings is 3. The molecular weight excluding hydrogens is 419 g/mol. The summed E-state index contributed by atoms with van der Waals surface area (Å²) < 4.78 is 45.0. The molecule has 3 aromatic carbocycles. The van der Waals surface area contributed by atoms with Crippen LogP contribution in [0.4, 0.5) is 15.8 Å². The van der Waals surface area contributed by atoms with Crippen molar-refractivity contribution in [1.82, 2.24) is 0 Å². The van der Waals surface area contributed by atoms with Gasteiger partial charge in [0.15, 0.2) is 6.61 Å². The normalized spacial score (nSPS) is 11.1. The van der Waals surface area contributed by atoms with Crippen LogP contribution >= 0.6 is 0 Å². The molecule has 0 spiro atoms. The number of amides is 1. The molecule has 0 aliphatic rings. The predicted octanol–water partition coefficient (Wildman–Crippen LogP) is 4.23. The third kappa shape index (κ3) is 5.61. The van der Waals surface area contributed by atoms with Gasteiger partial charge in [0.1, 0.15) is 11.6 Å². The van der Waals surface area contributed by atoms with Gasteiger partial charge in [0.2, 0.25) is 0 Å². The fourth-order valence-corrected chi connectivity index (χ4v) is 4.02. The van der Waals surface area contributed by atoms with Gasteiger partial charge in [-0.15, -0.1) is 0 Å². The minimum atomic E-state index is -3.83. The largest absolute Gasteiger partial charge is 0.484 e. The van der Waals surface area contributed by atoms with Crippen molar-refractivity contribution < 1.29 is 22.3 Å². The SMILES string of the molecule is CCc1ccc(NC(=O)COc2ccc(N(C)S(=O)(=O)c3ccc(F)cc3)cc2)cc1. The van der Waals surface area contributed by atoms with E-state index in [1.165, 1.54) is 24.7 Å². The molecule has 0 atom stereocenters. The van der Waals surface area contributed by atoms with Crippen LogP contribution in [0, 0.1) is 5.82 Å². The summed E-state index contributed by atoms with van der Waals surface area (Å²) in [5.41, 5.74) is 2.27. The summed E-state index contributed by atoms with van der Waals surface area (Å²) >= 11 is 0. The van der Waals surface area contributed by atoms with E-state index in [1.54, 1.807) is 24.3 Å². The van der Waals surface area contributed by atoms with Crippen LogP contribution in [0.5, 0.6) is 5.75 Å². The number of nitrogens with one attached hydrogen (secondary N) is 1. The molecule has 0 fully saturated rings. The van der Waals surface area contributed by atoms with Crippen LogP contribution in [0.15, 0.2) is 77.7 Å². The monoisotopic (exact) mass is 442 g/mol. The van der Waals surface area contributed by atoms with Gasteiger partial charge in [0.25, 0.3) is 15.9 Å². The summed E-state index contributed by atoms with van der Waals surface area (Å²) in [5.74, 6) is -0.387. The Morgan fingerprint density at radius 1 is 0.968 bits per heavy atom. The number of sulfonamides is 1. The molecule has 0 radical (unpaired) electrons. The molecule has 8 heteroatoms. The quantitative estimate of drug-likeness (QED) is 0.567. The van der Waals surface area contributed by atoms with E-state index >= 15 is 0 Å². The predicted molar refractivity (Wildman–Crippen MR) is 118 cm³/mol. The van der Waals surface area contributed by atoms with E-state index in [2.05, 4.69) is 12.2 Å². The zero-order valence-corrected chi connectivity index (χ0v) is 18.0. The number of carbonyl (C=O) groups excluding carboxylic acids is 1. The van der Waals surface area contributed by atoms with Crippen LogP contribution in [0.2, 0.25) is 0 Å². The van der Waals surface area contributed by atoms with Crippen molar-refractivity contribution in [1.29, 1.82) is 0 Å². The van der Waals surface area contributed by atoms with Crippen molar-refractivity contribution in [2.45, 2.75) is 18.2 Å². The maximum absolute atomic E-state index is 13.1. The minimum Gasteiger partial charge on any atom is -0.484 e. The van der Waals surface area contributed by atoms with Gasteiger partial charge in [-0.3, -0.25) is 9.10 Å². The summed E-state index contributed by atoms with van der Waals surface area (Å²) in [6, 6.07) is 18.5. The first-order valence-corrected chi connectivity index (χ1v) is 11.1. The molecular formula is C23H23FN2O4S. The number of aryl methyl sites for hydroxylation is 1. The molecule has 31 heavy (non-hydrogen) atoms. The molecule has 1 N–H and O–H groups in total. The highest BCUT2D eigenvalue weighted by molar-refractivity contribution is 7.92. The fourth-order valence-electron chi connectivity index (χ4n) is 2.83. The molecule has 0 unspecified atom stereocenters.